The van der Waals surface area contributed by atoms with Gasteiger partial charge in [-0.3, -0.25) is 0 Å². The summed E-state index contributed by atoms with van der Waals surface area (Å²) in [6.45, 7) is 1.25. The first-order valence-corrected chi connectivity index (χ1v) is 8.42. The van der Waals surface area contributed by atoms with Gasteiger partial charge in [-0.25, -0.2) is 4.39 Å². The van der Waals surface area contributed by atoms with Crippen LogP contribution in [0.3, 0.4) is 0 Å². The van der Waals surface area contributed by atoms with E-state index < -0.39 is 6.67 Å². The van der Waals surface area contributed by atoms with E-state index in [2.05, 4.69) is 22.6 Å². The van der Waals surface area contributed by atoms with E-state index in [0.29, 0.717) is 5.75 Å². The van der Waals surface area contributed by atoms with Gasteiger partial charge in [0.25, 0.3) is 0 Å². The number of rotatable bonds is 9. The van der Waals surface area contributed by atoms with E-state index in [9.17, 15) is 4.39 Å². The third kappa shape index (κ3) is 4.51. The van der Waals surface area contributed by atoms with Crippen LogP contribution >= 0.6 is 0 Å². The normalized spacial score (nSPS) is 11.0. The van der Waals surface area contributed by atoms with Gasteiger partial charge in [0.2, 0.25) is 0 Å². The molecule has 0 aliphatic heterocycles. The molecule has 0 fully saturated rings. The van der Waals surface area contributed by atoms with Crippen molar-refractivity contribution in [2.24, 2.45) is 0 Å². The lowest BCUT2D eigenvalue weighted by Crippen LogP contribution is -2.16. The van der Waals surface area contributed by atoms with Crippen molar-refractivity contribution in [3.8, 4) is 11.5 Å². The predicted molar refractivity (Wildman–Crippen MR) is 98.2 cm³/mol. The first-order valence-electron chi connectivity index (χ1n) is 8.42. The van der Waals surface area contributed by atoms with Crippen molar-refractivity contribution < 1.29 is 13.9 Å². The zero-order valence-electron chi connectivity index (χ0n) is 14.3. The highest BCUT2D eigenvalue weighted by molar-refractivity contribution is 5.84. The Balaban J connectivity index is 1.52. The molecular formula is C20H23FN2O2. The summed E-state index contributed by atoms with van der Waals surface area (Å²) in [7, 11) is 1.67. The summed E-state index contributed by atoms with van der Waals surface area (Å²) in [5.41, 5.74) is 3.50. The molecule has 132 valence electrons. The van der Waals surface area contributed by atoms with Crippen LogP contribution < -0.4 is 14.8 Å². The Morgan fingerprint density at radius 2 is 2.04 bits per heavy atom. The monoisotopic (exact) mass is 342 g/mol. The average Bonchev–Trinajstić information content (AvgIpc) is 3.06. The molecule has 0 aliphatic carbocycles. The SMILES string of the molecule is COc1ccc2c(CCNCc3cccc(OCCF)c3)c[nH]c2c1. The smallest absolute Gasteiger partial charge is 0.123 e. The fourth-order valence-electron chi connectivity index (χ4n) is 2.86. The number of alkyl halides is 1. The molecular weight excluding hydrogens is 319 g/mol. The van der Waals surface area contributed by atoms with E-state index in [4.69, 9.17) is 9.47 Å². The molecule has 3 aromatic rings. The average molecular weight is 342 g/mol. The molecule has 5 heteroatoms. The van der Waals surface area contributed by atoms with Crippen molar-refractivity contribution in [3.63, 3.8) is 0 Å². The van der Waals surface area contributed by atoms with E-state index in [1.54, 1.807) is 7.11 Å². The van der Waals surface area contributed by atoms with Gasteiger partial charge in [0.1, 0.15) is 24.8 Å². The number of nitrogens with one attached hydrogen (secondary N) is 2. The molecule has 4 nitrogen and oxygen atoms in total. The fraction of sp³-hybridized carbons (Fsp3) is 0.300. The number of hydrogen-bond donors (Lipinski definition) is 2. The molecule has 2 N–H and O–H groups in total. The van der Waals surface area contributed by atoms with Gasteiger partial charge in [-0.15, -0.1) is 0 Å². The summed E-state index contributed by atoms with van der Waals surface area (Å²) in [4.78, 5) is 3.29. The van der Waals surface area contributed by atoms with Gasteiger partial charge >= 0.3 is 0 Å². The standard InChI is InChI=1S/C20H23FN2O2/c1-24-17-5-6-19-16(14-23-20(19)12-17)7-9-22-13-15-3-2-4-18(11-15)25-10-8-21/h2-6,11-12,14,22-23H,7-10,13H2,1H3. The summed E-state index contributed by atoms with van der Waals surface area (Å²) < 4.78 is 22.7. The Bertz CT molecular complexity index is 816. The molecule has 0 amide bonds. The van der Waals surface area contributed by atoms with Crippen LogP contribution in [0, 0.1) is 0 Å². The summed E-state index contributed by atoms with van der Waals surface area (Å²) in [5.74, 6) is 1.57. The van der Waals surface area contributed by atoms with E-state index in [1.165, 1.54) is 10.9 Å². The lowest BCUT2D eigenvalue weighted by molar-refractivity contribution is 0.273. The van der Waals surface area contributed by atoms with Crippen LogP contribution in [0.5, 0.6) is 11.5 Å². The van der Waals surface area contributed by atoms with Crippen molar-refractivity contribution in [2.75, 3.05) is 26.9 Å². The minimum atomic E-state index is -0.473. The van der Waals surface area contributed by atoms with Crippen molar-refractivity contribution in [2.45, 2.75) is 13.0 Å². The van der Waals surface area contributed by atoms with Crippen LogP contribution in [-0.4, -0.2) is 31.9 Å². The maximum Gasteiger partial charge on any atom is 0.123 e. The number of aromatic amines is 1. The molecule has 0 bridgehead atoms. The zero-order chi connectivity index (χ0) is 17.5. The molecule has 2 aromatic carbocycles. The van der Waals surface area contributed by atoms with Gasteiger partial charge < -0.3 is 19.8 Å². The number of aromatic nitrogens is 1. The Morgan fingerprint density at radius 1 is 1.12 bits per heavy atom. The zero-order valence-corrected chi connectivity index (χ0v) is 14.3. The van der Waals surface area contributed by atoms with Crippen LogP contribution in [0.4, 0.5) is 4.39 Å². The van der Waals surface area contributed by atoms with Gasteiger partial charge in [-0.2, -0.15) is 0 Å². The van der Waals surface area contributed by atoms with Crippen LogP contribution in [-0.2, 0) is 13.0 Å². The molecule has 25 heavy (non-hydrogen) atoms. The highest BCUT2D eigenvalue weighted by Crippen LogP contribution is 2.23. The third-order valence-electron chi connectivity index (χ3n) is 4.12. The quantitative estimate of drug-likeness (QED) is 0.581. The predicted octanol–water partition coefficient (Wildman–Crippen LogP) is 3.86. The second-order valence-corrected chi connectivity index (χ2v) is 5.84. The largest absolute Gasteiger partial charge is 0.497 e. The highest BCUT2D eigenvalue weighted by atomic mass is 19.1. The molecule has 0 atom stereocenters. The topological polar surface area (TPSA) is 46.3 Å². The number of hydrogen-bond acceptors (Lipinski definition) is 3. The summed E-state index contributed by atoms with van der Waals surface area (Å²) in [6, 6.07) is 13.8. The van der Waals surface area contributed by atoms with E-state index >= 15 is 0 Å². The molecule has 0 saturated heterocycles. The number of benzene rings is 2. The van der Waals surface area contributed by atoms with Gasteiger partial charge in [0, 0.05) is 29.7 Å². The highest BCUT2D eigenvalue weighted by Gasteiger charge is 2.05. The van der Waals surface area contributed by atoms with Crippen LogP contribution in [0.25, 0.3) is 10.9 Å². The van der Waals surface area contributed by atoms with E-state index in [0.717, 1.165) is 36.3 Å². The second kappa shape index (κ2) is 8.53. The van der Waals surface area contributed by atoms with Crippen molar-refractivity contribution in [1.29, 1.82) is 0 Å². The first-order chi connectivity index (χ1) is 12.3. The minimum Gasteiger partial charge on any atom is -0.497 e. The second-order valence-electron chi connectivity index (χ2n) is 5.84. The molecule has 0 aliphatic rings. The van der Waals surface area contributed by atoms with Crippen LogP contribution in [0.15, 0.2) is 48.7 Å². The molecule has 0 spiro atoms. The summed E-state index contributed by atoms with van der Waals surface area (Å²) in [5, 5.41) is 4.67. The number of halogens is 1. The third-order valence-corrected chi connectivity index (χ3v) is 4.12. The number of fused-ring (bicyclic) bond motifs is 1. The molecule has 1 heterocycles. The van der Waals surface area contributed by atoms with Gasteiger partial charge in [0.15, 0.2) is 0 Å². The van der Waals surface area contributed by atoms with Crippen molar-refractivity contribution in [3.05, 3.63) is 59.8 Å². The number of H-pyrrole nitrogens is 1. The van der Waals surface area contributed by atoms with Crippen molar-refractivity contribution >= 4 is 10.9 Å². The van der Waals surface area contributed by atoms with Crippen LogP contribution in [0.2, 0.25) is 0 Å². The van der Waals surface area contributed by atoms with Gasteiger partial charge in [-0.05, 0) is 48.4 Å². The van der Waals surface area contributed by atoms with Gasteiger partial charge in [-0.1, -0.05) is 12.1 Å². The maximum atomic E-state index is 12.2. The molecule has 3 rings (SSSR count). The Morgan fingerprint density at radius 3 is 2.88 bits per heavy atom. The first kappa shape index (κ1) is 17.3. The molecule has 0 radical (unpaired) electrons. The number of ether oxygens (including phenoxy) is 2. The summed E-state index contributed by atoms with van der Waals surface area (Å²) in [6.07, 6.45) is 2.99. The summed E-state index contributed by atoms with van der Waals surface area (Å²) >= 11 is 0. The van der Waals surface area contributed by atoms with Gasteiger partial charge in [0.05, 0.1) is 7.11 Å². The van der Waals surface area contributed by atoms with Crippen molar-refractivity contribution in [1.82, 2.24) is 10.3 Å². The molecule has 0 unspecified atom stereocenters. The lowest BCUT2D eigenvalue weighted by atomic mass is 10.1. The van der Waals surface area contributed by atoms with Crippen LogP contribution in [0.1, 0.15) is 11.1 Å². The fourth-order valence-corrected chi connectivity index (χ4v) is 2.86. The minimum absolute atomic E-state index is 0.0994. The van der Waals surface area contributed by atoms with E-state index in [1.807, 2.05) is 36.4 Å². The van der Waals surface area contributed by atoms with E-state index in [-0.39, 0.29) is 6.61 Å². The maximum absolute atomic E-state index is 12.2. The Hall–Kier alpha value is -2.53. The number of methoxy groups -OCH3 is 1. The molecule has 1 aromatic heterocycles. The Kier molecular flexibility index (Phi) is 5.90. The molecule has 0 saturated carbocycles. The lowest BCUT2D eigenvalue weighted by Gasteiger charge is -2.08. The Labute approximate surface area is 147 Å².